The minimum atomic E-state index is -3.62. The van der Waals surface area contributed by atoms with Gasteiger partial charge in [-0.2, -0.15) is 0 Å². The van der Waals surface area contributed by atoms with Gasteiger partial charge in [0.2, 0.25) is 20.0 Å². The topological polar surface area (TPSA) is 104 Å². The zero-order valence-corrected chi connectivity index (χ0v) is 13.6. The highest BCUT2D eigenvalue weighted by molar-refractivity contribution is 7.90. The van der Waals surface area contributed by atoms with Gasteiger partial charge >= 0.3 is 0 Å². The maximum atomic E-state index is 12.2. The van der Waals surface area contributed by atoms with Crippen LogP contribution in [-0.4, -0.2) is 42.0 Å². The van der Waals surface area contributed by atoms with E-state index in [1.807, 2.05) is 0 Å². The lowest BCUT2D eigenvalue weighted by Crippen LogP contribution is -2.36. The summed E-state index contributed by atoms with van der Waals surface area (Å²) < 4.78 is 53.7. The SMILES string of the molecule is O=S(=O)(NC1CC1)c1ccc(S(=O)(=O)NC2CCNC2)cc1. The van der Waals surface area contributed by atoms with Crippen molar-refractivity contribution >= 4 is 20.0 Å². The molecule has 3 rings (SSSR count). The van der Waals surface area contributed by atoms with Crippen molar-refractivity contribution in [2.75, 3.05) is 13.1 Å². The van der Waals surface area contributed by atoms with Gasteiger partial charge in [-0.1, -0.05) is 0 Å². The molecule has 0 bridgehead atoms. The first-order valence-corrected chi connectivity index (χ1v) is 10.2. The molecule has 1 atom stereocenters. The molecule has 2 aliphatic rings. The summed E-state index contributed by atoms with van der Waals surface area (Å²) in [6.45, 7) is 1.40. The van der Waals surface area contributed by atoms with Crippen molar-refractivity contribution in [1.82, 2.24) is 14.8 Å². The minimum Gasteiger partial charge on any atom is -0.315 e. The molecule has 1 heterocycles. The number of benzene rings is 1. The van der Waals surface area contributed by atoms with E-state index < -0.39 is 20.0 Å². The van der Waals surface area contributed by atoms with Gasteiger partial charge < -0.3 is 5.32 Å². The fraction of sp³-hybridized carbons (Fsp3) is 0.538. The highest BCUT2D eigenvalue weighted by Gasteiger charge is 2.28. The quantitative estimate of drug-likeness (QED) is 0.660. The molecule has 2 fully saturated rings. The molecule has 0 amide bonds. The molecule has 122 valence electrons. The van der Waals surface area contributed by atoms with Gasteiger partial charge in [-0.05, 0) is 50.1 Å². The lowest BCUT2D eigenvalue weighted by molar-refractivity contribution is 0.559. The van der Waals surface area contributed by atoms with Crippen LogP contribution in [0.4, 0.5) is 0 Å². The van der Waals surface area contributed by atoms with E-state index in [0.717, 1.165) is 25.8 Å². The number of hydrogen-bond donors (Lipinski definition) is 3. The monoisotopic (exact) mass is 345 g/mol. The number of rotatable bonds is 6. The Morgan fingerprint density at radius 1 is 0.818 bits per heavy atom. The molecule has 1 aromatic rings. The average molecular weight is 345 g/mol. The normalized spacial score (nSPS) is 22.8. The summed E-state index contributed by atoms with van der Waals surface area (Å²) in [5.41, 5.74) is 0. The van der Waals surface area contributed by atoms with Crippen LogP contribution in [0.5, 0.6) is 0 Å². The Labute approximate surface area is 130 Å². The number of hydrogen-bond acceptors (Lipinski definition) is 5. The lowest BCUT2D eigenvalue weighted by Gasteiger charge is -2.12. The maximum Gasteiger partial charge on any atom is 0.240 e. The second-order valence-corrected chi connectivity index (χ2v) is 9.11. The van der Waals surface area contributed by atoms with Crippen LogP contribution in [0.1, 0.15) is 19.3 Å². The van der Waals surface area contributed by atoms with Gasteiger partial charge in [-0.3, -0.25) is 0 Å². The standard InChI is InChI=1S/C13H19N3O4S2/c17-21(18,15-10-1-2-10)12-3-5-13(6-4-12)22(19,20)16-11-7-8-14-9-11/h3-6,10-11,14-16H,1-2,7-9H2. The Morgan fingerprint density at radius 3 is 1.73 bits per heavy atom. The fourth-order valence-corrected chi connectivity index (χ4v) is 4.90. The molecule has 1 aliphatic carbocycles. The Hall–Kier alpha value is -1.00. The van der Waals surface area contributed by atoms with Crippen molar-refractivity contribution in [2.24, 2.45) is 0 Å². The van der Waals surface area contributed by atoms with E-state index in [4.69, 9.17) is 0 Å². The number of sulfonamides is 2. The average Bonchev–Trinajstić information content (AvgIpc) is 3.11. The molecular formula is C13H19N3O4S2. The summed E-state index contributed by atoms with van der Waals surface area (Å²) in [7, 11) is -7.18. The molecular weight excluding hydrogens is 326 g/mol. The van der Waals surface area contributed by atoms with Crippen LogP contribution in [0, 0.1) is 0 Å². The molecule has 1 saturated heterocycles. The van der Waals surface area contributed by atoms with Crippen LogP contribution in [0.15, 0.2) is 34.1 Å². The van der Waals surface area contributed by atoms with E-state index in [2.05, 4.69) is 14.8 Å². The molecule has 0 aromatic heterocycles. The smallest absolute Gasteiger partial charge is 0.240 e. The van der Waals surface area contributed by atoms with Crippen LogP contribution in [-0.2, 0) is 20.0 Å². The fourth-order valence-electron chi connectivity index (χ4n) is 2.33. The largest absolute Gasteiger partial charge is 0.315 e. The van der Waals surface area contributed by atoms with Gasteiger partial charge in [-0.15, -0.1) is 0 Å². The van der Waals surface area contributed by atoms with Crippen LogP contribution in [0.2, 0.25) is 0 Å². The van der Waals surface area contributed by atoms with Crippen LogP contribution >= 0.6 is 0 Å². The molecule has 9 heteroatoms. The third-order valence-corrected chi connectivity index (χ3v) is 6.80. The predicted molar refractivity (Wildman–Crippen MR) is 81.4 cm³/mol. The third kappa shape index (κ3) is 3.66. The van der Waals surface area contributed by atoms with Gasteiger partial charge in [-0.25, -0.2) is 26.3 Å². The Kier molecular flexibility index (Phi) is 4.25. The molecule has 0 spiro atoms. The zero-order valence-electron chi connectivity index (χ0n) is 11.9. The van der Waals surface area contributed by atoms with Crippen LogP contribution in [0.25, 0.3) is 0 Å². The molecule has 7 nitrogen and oxygen atoms in total. The minimum absolute atomic E-state index is 0.0185. The summed E-state index contributed by atoms with van der Waals surface area (Å²) in [6, 6.07) is 5.20. The lowest BCUT2D eigenvalue weighted by atomic mass is 10.3. The van der Waals surface area contributed by atoms with Crippen LogP contribution in [0.3, 0.4) is 0 Å². The molecule has 1 unspecified atom stereocenters. The third-order valence-electron chi connectivity index (χ3n) is 3.73. The molecule has 1 aliphatic heterocycles. The second kappa shape index (κ2) is 5.89. The Balaban J connectivity index is 1.75. The van der Waals surface area contributed by atoms with Crippen LogP contribution < -0.4 is 14.8 Å². The molecule has 1 aromatic carbocycles. The molecule has 3 N–H and O–H groups in total. The van der Waals surface area contributed by atoms with Crippen molar-refractivity contribution in [3.8, 4) is 0 Å². The van der Waals surface area contributed by atoms with E-state index >= 15 is 0 Å². The van der Waals surface area contributed by atoms with E-state index in [1.54, 1.807) is 0 Å². The molecule has 1 saturated carbocycles. The maximum absolute atomic E-state index is 12.2. The number of nitrogens with one attached hydrogen (secondary N) is 3. The van der Waals surface area contributed by atoms with E-state index in [1.165, 1.54) is 24.3 Å². The van der Waals surface area contributed by atoms with Gasteiger partial charge in [0.05, 0.1) is 9.79 Å². The van der Waals surface area contributed by atoms with Crippen molar-refractivity contribution < 1.29 is 16.8 Å². The van der Waals surface area contributed by atoms with Crippen molar-refractivity contribution in [2.45, 2.75) is 41.1 Å². The summed E-state index contributed by atoms with van der Waals surface area (Å²) in [4.78, 5) is 0.158. The second-order valence-electron chi connectivity index (χ2n) is 5.68. The first-order valence-electron chi connectivity index (χ1n) is 7.22. The van der Waals surface area contributed by atoms with Gasteiger partial charge in [0.1, 0.15) is 0 Å². The highest BCUT2D eigenvalue weighted by Crippen LogP contribution is 2.22. The summed E-state index contributed by atoms with van der Waals surface area (Å²) in [5, 5.41) is 3.08. The van der Waals surface area contributed by atoms with Gasteiger partial charge in [0.15, 0.2) is 0 Å². The summed E-state index contributed by atoms with van der Waals surface area (Å²) >= 11 is 0. The Morgan fingerprint density at radius 2 is 1.32 bits per heavy atom. The van der Waals surface area contributed by atoms with Gasteiger partial charge in [0, 0.05) is 18.6 Å². The van der Waals surface area contributed by atoms with E-state index in [0.29, 0.717) is 6.54 Å². The van der Waals surface area contributed by atoms with Gasteiger partial charge in [0.25, 0.3) is 0 Å². The predicted octanol–water partition coefficient (Wildman–Crippen LogP) is -0.232. The van der Waals surface area contributed by atoms with Crippen molar-refractivity contribution in [1.29, 1.82) is 0 Å². The Bertz CT molecular complexity index is 734. The first kappa shape index (κ1) is 15.9. The molecule has 22 heavy (non-hydrogen) atoms. The first-order chi connectivity index (χ1) is 10.4. The van der Waals surface area contributed by atoms with E-state index in [-0.39, 0.29) is 21.9 Å². The van der Waals surface area contributed by atoms with Crippen molar-refractivity contribution in [3.63, 3.8) is 0 Å². The zero-order chi connectivity index (χ0) is 15.8. The summed E-state index contributed by atoms with van der Waals surface area (Å²) in [6.07, 6.45) is 2.45. The summed E-state index contributed by atoms with van der Waals surface area (Å²) in [5.74, 6) is 0. The molecule has 0 radical (unpaired) electrons. The van der Waals surface area contributed by atoms with E-state index in [9.17, 15) is 16.8 Å². The highest BCUT2D eigenvalue weighted by atomic mass is 32.2. The van der Waals surface area contributed by atoms with Crippen molar-refractivity contribution in [3.05, 3.63) is 24.3 Å².